The quantitative estimate of drug-likeness (QED) is 0.757. The second-order valence-corrected chi connectivity index (χ2v) is 5.84. The van der Waals surface area contributed by atoms with Gasteiger partial charge in [0.1, 0.15) is 12.1 Å². The molecule has 0 saturated heterocycles. The Kier molecular flexibility index (Phi) is 4.52. The largest absolute Gasteiger partial charge is 0.354 e. The first kappa shape index (κ1) is 14.0. The van der Waals surface area contributed by atoms with Crippen LogP contribution in [0.3, 0.4) is 0 Å². The van der Waals surface area contributed by atoms with Crippen LogP contribution < -0.4 is 5.32 Å². The summed E-state index contributed by atoms with van der Waals surface area (Å²) in [5, 5.41) is 2.90. The second-order valence-electron chi connectivity index (χ2n) is 3.87. The summed E-state index contributed by atoms with van der Waals surface area (Å²) in [7, 11) is 0. The van der Waals surface area contributed by atoms with Crippen molar-refractivity contribution in [3.05, 3.63) is 41.2 Å². The number of benzene rings is 1. The van der Waals surface area contributed by atoms with Crippen molar-refractivity contribution in [1.82, 2.24) is 15.0 Å². The highest BCUT2D eigenvalue weighted by Crippen LogP contribution is 2.25. The first-order valence-corrected chi connectivity index (χ1v) is 7.64. The zero-order chi connectivity index (χ0) is 13.8. The van der Waals surface area contributed by atoms with Gasteiger partial charge in [-0.25, -0.2) is 14.4 Å². The van der Waals surface area contributed by atoms with Crippen molar-refractivity contribution in [2.75, 3.05) is 11.6 Å². The van der Waals surface area contributed by atoms with E-state index in [0.717, 1.165) is 0 Å². The Labute approximate surface area is 117 Å². The van der Waals surface area contributed by atoms with Gasteiger partial charge in [0.15, 0.2) is 0 Å². The molecule has 8 heteroatoms. The predicted molar refractivity (Wildman–Crippen MR) is 75.8 cm³/mol. The van der Waals surface area contributed by atoms with Gasteiger partial charge in [-0.1, -0.05) is 0 Å². The number of halogens is 2. The van der Waals surface area contributed by atoms with Crippen molar-refractivity contribution in [3.63, 3.8) is 0 Å². The molecule has 5 nitrogen and oxygen atoms in total. The minimum atomic E-state index is -1.12. The molecule has 2 rings (SSSR count). The van der Waals surface area contributed by atoms with Crippen LogP contribution in [0.2, 0.25) is 5.28 Å². The zero-order valence-electron chi connectivity index (χ0n) is 10.0. The lowest BCUT2D eigenvalue weighted by molar-refractivity contribution is 0.626. The third-order valence-electron chi connectivity index (χ3n) is 2.17. The van der Waals surface area contributed by atoms with Crippen LogP contribution in [0.5, 0.6) is 0 Å². The van der Waals surface area contributed by atoms with Crippen molar-refractivity contribution in [3.8, 4) is 0 Å². The molecule has 0 radical (unpaired) electrons. The molecule has 0 aliphatic carbocycles. The molecule has 0 amide bonds. The Bertz CT molecular complexity index is 584. The van der Waals surface area contributed by atoms with E-state index >= 15 is 0 Å². The van der Waals surface area contributed by atoms with Crippen LogP contribution in [0, 0.1) is 5.82 Å². The zero-order valence-corrected chi connectivity index (χ0v) is 11.7. The van der Waals surface area contributed by atoms with Gasteiger partial charge >= 0.3 is 0 Å². The molecule has 2 aromatic rings. The molecule has 0 aliphatic rings. The summed E-state index contributed by atoms with van der Waals surface area (Å²) >= 11 is 4.51. The Hall–Kier alpha value is -1.44. The fourth-order valence-corrected chi connectivity index (χ4v) is 2.38. The van der Waals surface area contributed by atoms with Crippen LogP contribution in [0.25, 0.3) is 0 Å². The number of hydrogen-bond donors (Lipinski definition) is 3. The SMILES string of the molecule is C[SH](O)Cc1cc(F)cc(Nc2ncnc(Cl)n2)c1. The van der Waals surface area contributed by atoms with E-state index in [1.54, 1.807) is 12.3 Å². The van der Waals surface area contributed by atoms with E-state index in [-0.39, 0.29) is 11.2 Å². The van der Waals surface area contributed by atoms with Crippen LogP contribution in [0.15, 0.2) is 24.5 Å². The van der Waals surface area contributed by atoms with Crippen molar-refractivity contribution in [2.45, 2.75) is 5.75 Å². The molecule has 0 bridgehead atoms. The first-order valence-electron chi connectivity index (χ1n) is 5.34. The molecule has 1 atom stereocenters. The van der Waals surface area contributed by atoms with E-state index < -0.39 is 17.0 Å². The van der Waals surface area contributed by atoms with E-state index in [9.17, 15) is 8.94 Å². The van der Waals surface area contributed by atoms with Crippen LogP contribution in [-0.4, -0.2) is 25.8 Å². The van der Waals surface area contributed by atoms with E-state index in [4.69, 9.17) is 11.6 Å². The topological polar surface area (TPSA) is 70.9 Å². The molecular weight excluding hydrogens is 291 g/mol. The minimum Gasteiger partial charge on any atom is -0.354 e. The molecule has 0 saturated carbocycles. The second kappa shape index (κ2) is 6.14. The maximum Gasteiger partial charge on any atom is 0.231 e. The van der Waals surface area contributed by atoms with Gasteiger partial charge in [-0.2, -0.15) is 4.98 Å². The van der Waals surface area contributed by atoms with Gasteiger partial charge in [0.2, 0.25) is 11.2 Å². The fraction of sp³-hybridized carbons (Fsp3) is 0.182. The summed E-state index contributed by atoms with van der Waals surface area (Å²) in [5.74, 6) is 0.274. The normalized spacial score (nSPS) is 13.2. The molecule has 0 aliphatic heterocycles. The summed E-state index contributed by atoms with van der Waals surface area (Å²) in [5.41, 5.74) is 1.20. The molecule has 1 aromatic heterocycles. The maximum atomic E-state index is 13.5. The molecular formula is C11H12ClFN4OS. The number of anilines is 2. The highest BCUT2D eigenvalue weighted by atomic mass is 35.5. The molecule has 0 fully saturated rings. The van der Waals surface area contributed by atoms with E-state index in [2.05, 4.69) is 20.3 Å². The Morgan fingerprint density at radius 3 is 2.84 bits per heavy atom. The van der Waals surface area contributed by atoms with Gasteiger partial charge in [0, 0.05) is 11.4 Å². The summed E-state index contributed by atoms with van der Waals surface area (Å²) < 4.78 is 22.9. The van der Waals surface area contributed by atoms with E-state index in [1.165, 1.54) is 18.5 Å². The number of thiol groups is 1. The molecule has 102 valence electrons. The summed E-state index contributed by atoms with van der Waals surface area (Å²) in [6, 6.07) is 4.44. The monoisotopic (exact) mass is 302 g/mol. The van der Waals surface area contributed by atoms with Crippen molar-refractivity contribution in [2.24, 2.45) is 0 Å². The highest BCUT2D eigenvalue weighted by molar-refractivity contribution is 8.10. The third kappa shape index (κ3) is 4.30. The average molecular weight is 303 g/mol. The Balaban J connectivity index is 2.22. The maximum absolute atomic E-state index is 13.5. The molecule has 1 heterocycles. The van der Waals surface area contributed by atoms with Crippen LogP contribution in [0.1, 0.15) is 5.56 Å². The van der Waals surface area contributed by atoms with Crippen molar-refractivity contribution in [1.29, 1.82) is 0 Å². The molecule has 1 aromatic carbocycles. The number of nitrogens with zero attached hydrogens (tertiary/aromatic N) is 3. The predicted octanol–water partition coefficient (Wildman–Crippen LogP) is 3.01. The fourth-order valence-electron chi connectivity index (χ4n) is 1.54. The average Bonchev–Trinajstić information content (AvgIpc) is 2.26. The Morgan fingerprint density at radius 1 is 1.37 bits per heavy atom. The van der Waals surface area contributed by atoms with Gasteiger partial charge in [-0.15, -0.1) is 11.2 Å². The lowest BCUT2D eigenvalue weighted by Crippen LogP contribution is -1.99. The van der Waals surface area contributed by atoms with Gasteiger partial charge in [-0.05, 0) is 41.6 Å². The lowest BCUT2D eigenvalue weighted by Gasteiger charge is -2.11. The third-order valence-corrected chi connectivity index (χ3v) is 3.17. The smallest absolute Gasteiger partial charge is 0.231 e. The van der Waals surface area contributed by atoms with Gasteiger partial charge in [-0.3, -0.25) is 0 Å². The summed E-state index contributed by atoms with van der Waals surface area (Å²) in [4.78, 5) is 11.4. The Morgan fingerprint density at radius 2 is 2.16 bits per heavy atom. The standard InChI is InChI=1S/C11H12ClFN4OS/c1-19(18)5-7-2-8(13)4-9(3-7)16-11-15-6-14-10(12)17-11/h2-4,6,18-19H,5H2,1H3,(H,14,15,16,17). The van der Waals surface area contributed by atoms with Gasteiger partial charge in [0.05, 0.1) is 0 Å². The molecule has 19 heavy (non-hydrogen) atoms. The number of hydrogen-bond acceptors (Lipinski definition) is 5. The van der Waals surface area contributed by atoms with Crippen LogP contribution in [-0.2, 0) is 5.75 Å². The number of aromatic nitrogens is 3. The van der Waals surface area contributed by atoms with Crippen molar-refractivity contribution >= 4 is 34.4 Å². The van der Waals surface area contributed by atoms with Crippen LogP contribution in [0.4, 0.5) is 16.0 Å². The highest BCUT2D eigenvalue weighted by Gasteiger charge is 2.05. The first-order chi connectivity index (χ1) is 9.02. The lowest BCUT2D eigenvalue weighted by atomic mass is 10.2. The number of rotatable bonds is 4. The van der Waals surface area contributed by atoms with Gasteiger partial charge < -0.3 is 9.87 Å². The van der Waals surface area contributed by atoms with Gasteiger partial charge in [0.25, 0.3) is 0 Å². The van der Waals surface area contributed by atoms with Crippen molar-refractivity contribution < 1.29 is 8.94 Å². The summed E-state index contributed by atoms with van der Waals surface area (Å²) in [6.07, 6.45) is 2.97. The molecule has 1 unspecified atom stereocenters. The van der Waals surface area contributed by atoms with Crippen LogP contribution >= 0.6 is 22.8 Å². The number of nitrogens with one attached hydrogen (secondary N) is 1. The van der Waals surface area contributed by atoms with E-state index in [0.29, 0.717) is 17.0 Å². The minimum absolute atomic E-state index is 0.0570. The summed E-state index contributed by atoms with van der Waals surface area (Å²) in [6.45, 7) is 0. The molecule has 0 spiro atoms. The van der Waals surface area contributed by atoms with E-state index in [1.807, 2.05) is 0 Å². The molecule has 2 N–H and O–H groups in total.